The molecule has 2 aromatic rings. The first-order chi connectivity index (χ1) is 12.3. The zero-order chi connectivity index (χ0) is 17.5. The highest BCUT2D eigenvalue weighted by atomic mass is 16.5. The zero-order valence-corrected chi connectivity index (χ0v) is 14.6. The number of hydrogen-bond acceptors (Lipinski definition) is 3. The van der Waals surface area contributed by atoms with E-state index in [1.54, 1.807) is 0 Å². The maximum atomic E-state index is 12.3. The van der Waals surface area contributed by atoms with Gasteiger partial charge in [-0.25, -0.2) is 4.79 Å². The Balaban J connectivity index is 1.55. The Hall–Kier alpha value is -2.69. The lowest BCUT2D eigenvalue weighted by molar-refractivity contribution is 0.251. The molecule has 1 aliphatic rings. The van der Waals surface area contributed by atoms with Crippen molar-refractivity contribution in [1.82, 2.24) is 5.32 Å². The molecule has 0 bridgehead atoms. The molecule has 1 atom stereocenters. The van der Waals surface area contributed by atoms with Gasteiger partial charge in [0.15, 0.2) is 0 Å². The number of para-hydroxylation sites is 3. The molecular formula is C20H25N3O2. The molecule has 1 saturated heterocycles. The predicted octanol–water partition coefficient (Wildman–Crippen LogP) is 3.88. The van der Waals surface area contributed by atoms with Crippen molar-refractivity contribution in [2.75, 3.05) is 29.9 Å². The van der Waals surface area contributed by atoms with Crippen molar-refractivity contribution < 1.29 is 9.53 Å². The Kier molecular flexibility index (Phi) is 5.77. The van der Waals surface area contributed by atoms with Crippen LogP contribution < -0.4 is 20.3 Å². The number of anilines is 2. The zero-order valence-electron chi connectivity index (χ0n) is 14.6. The molecule has 2 amide bonds. The third-order valence-electron chi connectivity index (χ3n) is 4.40. The molecule has 1 unspecified atom stereocenters. The van der Waals surface area contributed by atoms with Gasteiger partial charge in [0.25, 0.3) is 0 Å². The van der Waals surface area contributed by atoms with E-state index in [2.05, 4.69) is 39.8 Å². The van der Waals surface area contributed by atoms with Gasteiger partial charge in [-0.15, -0.1) is 0 Å². The maximum Gasteiger partial charge on any atom is 0.319 e. The highest BCUT2D eigenvalue weighted by Crippen LogP contribution is 2.25. The van der Waals surface area contributed by atoms with Crippen molar-refractivity contribution in [1.29, 1.82) is 0 Å². The number of rotatable bonds is 6. The molecule has 0 aliphatic carbocycles. The van der Waals surface area contributed by atoms with Gasteiger partial charge in [0, 0.05) is 24.8 Å². The Morgan fingerprint density at radius 1 is 1.16 bits per heavy atom. The number of urea groups is 1. The van der Waals surface area contributed by atoms with Crippen molar-refractivity contribution in [3.8, 4) is 5.75 Å². The minimum atomic E-state index is -0.202. The van der Waals surface area contributed by atoms with Gasteiger partial charge < -0.3 is 20.3 Å². The molecule has 5 nitrogen and oxygen atoms in total. The number of carbonyl (C=O) groups excluding carboxylic acids is 1. The summed E-state index contributed by atoms with van der Waals surface area (Å²) in [6.45, 7) is 4.15. The van der Waals surface area contributed by atoms with E-state index >= 15 is 0 Å². The number of hydrogen-bond donors (Lipinski definition) is 2. The predicted molar refractivity (Wildman–Crippen MR) is 101 cm³/mol. The number of ether oxygens (including phenoxy) is 1. The first-order valence-corrected chi connectivity index (χ1v) is 8.86. The van der Waals surface area contributed by atoms with Crippen molar-refractivity contribution in [3.05, 3.63) is 54.6 Å². The molecule has 0 aromatic heterocycles. The monoisotopic (exact) mass is 339 g/mol. The van der Waals surface area contributed by atoms with Crippen LogP contribution in [0.25, 0.3) is 0 Å². The quantitative estimate of drug-likeness (QED) is 0.840. The summed E-state index contributed by atoms with van der Waals surface area (Å²) in [7, 11) is 0. The van der Waals surface area contributed by atoms with Gasteiger partial charge >= 0.3 is 6.03 Å². The Morgan fingerprint density at radius 2 is 1.92 bits per heavy atom. The third kappa shape index (κ3) is 4.44. The van der Waals surface area contributed by atoms with E-state index in [-0.39, 0.29) is 6.03 Å². The van der Waals surface area contributed by atoms with Crippen LogP contribution >= 0.6 is 0 Å². The Bertz CT molecular complexity index is 690. The van der Waals surface area contributed by atoms with Gasteiger partial charge in [-0.1, -0.05) is 30.3 Å². The van der Waals surface area contributed by atoms with E-state index in [1.165, 1.54) is 5.69 Å². The summed E-state index contributed by atoms with van der Waals surface area (Å²) in [6, 6.07) is 18.0. The van der Waals surface area contributed by atoms with Crippen LogP contribution in [0.3, 0.4) is 0 Å². The van der Waals surface area contributed by atoms with Gasteiger partial charge in [-0.3, -0.25) is 0 Å². The summed E-state index contributed by atoms with van der Waals surface area (Å²) in [6.07, 6.45) is 2.24. The average molecular weight is 339 g/mol. The minimum absolute atomic E-state index is 0.202. The minimum Gasteiger partial charge on any atom is -0.492 e. The van der Waals surface area contributed by atoms with Crippen LogP contribution in [0, 0.1) is 0 Å². The Morgan fingerprint density at radius 3 is 2.72 bits per heavy atom. The van der Waals surface area contributed by atoms with Gasteiger partial charge in [0.1, 0.15) is 5.75 Å². The number of benzene rings is 2. The maximum absolute atomic E-state index is 12.3. The third-order valence-corrected chi connectivity index (χ3v) is 4.40. The van der Waals surface area contributed by atoms with Crippen LogP contribution in [0.4, 0.5) is 16.2 Å². The van der Waals surface area contributed by atoms with Gasteiger partial charge in [0.2, 0.25) is 0 Å². The lowest BCUT2D eigenvalue weighted by atomic mass is 10.2. The second-order valence-electron chi connectivity index (χ2n) is 6.09. The summed E-state index contributed by atoms with van der Waals surface area (Å²) in [4.78, 5) is 14.6. The molecule has 1 aliphatic heterocycles. The largest absolute Gasteiger partial charge is 0.492 e. The van der Waals surface area contributed by atoms with E-state index in [9.17, 15) is 4.79 Å². The van der Waals surface area contributed by atoms with Crippen LogP contribution in [0.5, 0.6) is 5.75 Å². The van der Waals surface area contributed by atoms with Gasteiger partial charge in [-0.2, -0.15) is 0 Å². The standard InChI is InChI=1S/C20H25N3O2/c1-2-25-19-13-7-6-12-18(19)22-20(24)21-15-17-11-8-14-23(17)16-9-4-3-5-10-16/h3-7,9-10,12-13,17H,2,8,11,14-15H2,1H3,(H2,21,22,24). The topological polar surface area (TPSA) is 53.6 Å². The average Bonchev–Trinajstić information content (AvgIpc) is 3.11. The normalized spacial score (nSPS) is 16.5. The second-order valence-corrected chi connectivity index (χ2v) is 6.09. The van der Waals surface area contributed by atoms with E-state index < -0.39 is 0 Å². The molecule has 1 heterocycles. The first-order valence-electron chi connectivity index (χ1n) is 8.86. The van der Waals surface area contributed by atoms with E-state index in [4.69, 9.17) is 4.74 Å². The summed E-state index contributed by atoms with van der Waals surface area (Å²) >= 11 is 0. The van der Waals surface area contributed by atoms with Crippen LogP contribution in [0.15, 0.2) is 54.6 Å². The summed E-state index contributed by atoms with van der Waals surface area (Å²) in [5.41, 5.74) is 1.90. The van der Waals surface area contributed by atoms with Crippen LogP contribution in [0.2, 0.25) is 0 Å². The van der Waals surface area contributed by atoms with Crippen molar-refractivity contribution in [2.45, 2.75) is 25.8 Å². The SMILES string of the molecule is CCOc1ccccc1NC(=O)NCC1CCCN1c1ccccc1. The number of amides is 2. The molecule has 0 spiro atoms. The van der Waals surface area contributed by atoms with Crippen LogP contribution in [0.1, 0.15) is 19.8 Å². The van der Waals surface area contributed by atoms with Crippen LogP contribution in [-0.2, 0) is 0 Å². The number of carbonyl (C=O) groups is 1. The Labute approximate surface area is 149 Å². The number of nitrogens with one attached hydrogen (secondary N) is 2. The molecule has 25 heavy (non-hydrogen) atoms. The van der Waals surface area contributed by atoms with E-state index in [1.807, 2.05) is 37.3 Å². The van der Waals surface area contributed by atoms with Crippen molar-refractivity contribution >= 4 is 17.4 Å². The van der Waals surface area contributed by atoms with Crippen molar-refractivity contribution in [3.63, 3.8) is 0 Å². The fourth-order valence-electron chi connectivity index (χ4n) is 3.24. The molecule has 2 N–H and O–H groups in total. The molecule has 1 fully saturated rings. The fourth-order valence-corrected chi connectivity index (χ4v) is 3.24. The van der Waals surface area contributed by atoms with E-state index in [0.717, 1.165) is 19.4 Å². The van der Waals surface area contributed by atoms with Gasteiger partial charge in [0.05, 0.1) is 12.3 Å². The van der Waals surface area contributed by atoms with Crippen LogP contribution in [-0.4, -0.2) is 31.8 Å². The molecule has 3 rings (SSSR count). The molecule has 2 aromatic carbocycles. The fraction of sp³-hybridized carbons (Fsp3) is 0.350. The van der Waals surface area contributed by atoms with Crippen molar-refractivity contribution in [2.24, 2.45) is 0 Å². The van der Waals surface area contributed by atoms with Gasteiger partial charge in [-0.05, 0) is 44.0 Å². The lowest BCUT2D eigenvalue weighted by Crippen LogP contribution is -2.41. The highest BCUT2D eigenvalue weighted by Gasteiger charge is 2.25. The number of nitrogens with zero attached hydrogens (tertiary/aromatic N) is 1. The molecule has 132 valence electrons. The summed E-state index contributed by atoms with van der Waals surface area (Å²) in [5.74, 6) is 0.687. The summed E-state index contributed by atoms with van der Waals surface area (Å²) < 4.78 is 5.54. The van der Waals surface area contributed by atoms with E-state index in [0.29, 0.717) is 30.6 Å². The lowest BCUT2D eigenvalue weighted by Gasteiger charge is -2.27. The first kappa shape index (κ1) is 17.1. The smallest absolute Gasteiger partial charge is 0.319 e. The molecule has 5 heteroatoms. The molecular weight excluding hydrogens is 314 g/mol. The second kappa shape index (κ2) is 8.42. The molecule has 0 radical (unpaired) electrons. The summed E-state index contributed by atoms with van der Waals surface area (Å²) in [5, 5.41) is 5.88. The highest BCUT2D eigenvalue weighted by molar-refractivity contribution is 5.90. The molecule has 0 saturated carbocycles.